The monoisotopic (exact) mass is 447 g/mol. The van der Waals surface area contributed by atoms with Crippen LogP contribution in [0.4, 0.5) is 13.2 Å². The zero-order valence-corrected chi connectivity index (χ0v) is 20.1. The molecule has 3 aromatic rings. The molecule has 1 unspecified atom stereocenters. The Kier molecular flexibility index (Phi) is 9.23. The molecule has 1 atom stereocenters. The lowest BCUT2D eigenvalue weighted by Gasteiger charge is -2.18. The largest absolute Gasteiger partial charge is 0.489 e. The van der Waals surface area contributed by atoms with E-state index in [1.807, 2.05) is 59.7 Å². The van der Waals surface area contributed by atoms with Gasteiger partial charge in [0.1, 0.15) is 12.4 Å². The molecule has 0 radical (unpaired) electrons. The number of nitrogens with one attached hydrogen (secondary N) is 1. The zero-order valence-electron chi connectivity index (χ0n) is 20.1. The van der Waals surface area contributed by atoms with Gasteiger partial charge in [0, 0.05) is 16.6 Å². The number of ether oxygens (including phenoxy) is 1. The van der Waals surface area contributed by atoms with Crippen molar-refractivity contribution < 1.29 is 17.9 Å². The van der Waals surface area contributed by atoms with Gasteiger partial charge in [-0.2, -0.15) is 13.2 Å². The van der Waals surface area contributed by atoms with Gasteiger partial charge in [0.15, 0.2) is 0 Å². The fourth-order valence-corrected chi connectivity index (χ4v) is 4.07. The Morgan fingerprint density at radius 2 is 1.72 bits per heavy atom. The van der Waals surface area contributed by atoms with E-state index in [0.717, 1.165) is 30.2 Å². The summed E-state index contributed by atoms with van der Waals surface area (Å²) >= 11 is 0. The number of aromatic amines is 1. The van der Waals surface area contributed by atoms with Gasteiger partial charge >= 0.3 is 6.18 Å². The summed E-state index contributed by atoms with van der Waals surface area (Å²) in [5.74, 6) is 0.547. The molecule has 176 valence electrons. The highest BCUT2D eigenvalue weighted by atomic mass is 19.4. The Balaban J connectivity index is 0.000000860. The van der Waals surface area contributed by atoms with Gasteiger partial charge in [0.2, 0.25) is 0 Å². The second-order valence-corrected chi connectivity index (χ2v) is 7.66. The summed E-state index contributed by atoms with van der Waals surface area (Å²) in [7, 11) is 0. The first-order valence-corrected chi connectivity index (χ1v) is 11.8. The van der Waals surface area contributed by atoms with E-state index >= 15 is 0 Å². The lowest BCUT2D eigenvalue weighted by molar-refractivity contribution is -0.138. The molecular weight excluding hydrogens is 411 g/mol. The molecule has 1 N–H and O–H groups in total. The third-order valence-corrected chi connectivity index (χ3v) is 5.79. The minimum Gasteiger partial charge on any atom is -0.489 e. The molecule has 0 spiro atoms. The molecule has 1 aliphatic carbocycles. The third kappa shape index (κ3) is 5.67. The van der Waals surface area contributed by atoms with E-state index in [4.69, 9.17) is 4.74 Å². The Bertz CT molecular complexity index is 1000. The van der Waals surface area contributed by atoms with Gasteiger partial charge < -0.3 is 9.72 Å². The molecule has 0 fully saturated rings. The number of benzene rings is 2. The van der Waals surface area contributed by atoms with Gasteiger partial charge in [-0.1, -0.05) is 53.7 Å². The van der Waals surface area contributed by atoms with Crippen molar-refractivity contribution in [3.63, 3.8) is 0 Å². The van der Waals surface area contributed by atoms with E-state index in [1.54, 1.807) is 12.1 Å². The van der Waals surface area contributed by atoms with Crippen LogP contribution in [0.15, 0.2) is 36.4 Å². The lowest BCUT2D eigenvalue weighted by Crippen LogP contribution is -2.12. The topological polar surface area (TPSA) is 25.0 Å². The summed E-state index contributed by atoms with van der Waals surface area (Å²) < 4.78 is 46.4. The minimum absolute atomic E-state index is 0.113. The molecule has 32 heavy (non-hydrogen) atoms. The molecule has 5 heteroatoms. The smallest absolute Gasteiger partial charge is 0.416 e. The summed E-state index contributed by atoms with van der Waals surface area (Å²) in [6.45, 7) is 11.8. The Labute approximate surface area is 190 Å². The molecule has 1 aromatic heterocycles. The molecule has 0 saturated carbocycles. The van der Waals surface area contributed by atoms with Crippen LogP contribution in [0.25, 0.3) is 10.9 Å². The molecule has 0 aliphatic heterocycles. The van der Waals surface area contributed by atoms with Crippen LogP contribution in [-0.4, -0.2) is 4.98 Å². The summed E-state index contributed by atoms with van der Waals surface area (Å²) in [4.78, 5) is 3.44. The molecule has 2 nitrogen and oxygen atoms in total. The van der Waals surface area contributed by atoms with Gasteiger partial charge in [0.25, 0.3) is 0 Å². The van der Waals surface area contributed by atoms with Crippen LogP contribution in [-0.2, 0) is 25.6 Å². The molecule has 4 rings (SSSR count). The normalized spacial score (nSPS) is 13.5. The molecule has 0 amide bonds. The summed E-state index contributed by atoms with van der Waals surface area (Å²) in [6, 6.07) is 10.4. The van der Waals surface area contributed by atoms with Crippen molar-refractivity contribution in [3.8, 4) is 5.75 Å². The van der Waals surface area contributed by atoms with Crippen LogP contribution in [0.5, 0.6) is 5.75 Å². The van der Waals surface area contributed by atoms with Gasteiger partial charge in [-0.3, -0.25) is 0 Å². The van der Waals surface area contributed by atoms with Crippen molar-refractivity contribution in [1.29, 1.82) is 0 Å². The molecular formula is C27H36F3NO. The zero-order chi connectivity index (χ0) is 23.9. The van der Waals surface area contributed by atoms with Crippen LogP contribution in [0.3, 0.4) is 0 Å². The third-order valence-electron chi connectivity index (χ3n) is 5.79. The first-order valence-electron chi connectivity index (χ1n) is 11.8. The fourth-order valence-electron chi connectivity index (χ4n) is 4.07. The molecule has 1 heterocycles. The Hall–Kier alpha value is -2.43. The maximum Gasteiger partial charge on any atom is 0.416 e. The van der Waals surface area contributed by atoms with Crippen molar-refractivity contribution in [2.75, 3.05) is 0 Å². The van der Waals surface area contributed by atoms with Crippen molar-refractivity contribution in [1.82, 2.24) is 4.98 Å². The number of alkyl halides is 3. The quantitative estimate of drug-likeness (QED) is 0.415. The predicted molar refractivity (Wildman–Crippen MR) is 128 cm³/mol. The van der Waals surface area contributed by atoms with Crippen molar-refractivity contribution in [2.45, 2.75) is 85.9 Å². The number of H-pyrrole nitrogens is 1. The van der Waals surface area contributed by atoms with Crippen molar-refractivity contribution >= 4 is 10.9 Å². The number of aryl methyl sites for hydroxylation is 2. The first-order chi connectivity index (χ1) is 15.4. The van der Waals surface area contributed by atoms with Gasteiger partial charge in [-0.25, -0.2) is 0 Å². The highest BCUT2D eigenvalue weighted by Crippen LogP contribution is 2.37. The maximum absolute atomic E-state index is 13.5. The molecule has 0 saturated heterocycles. The van der Waals surface area contributed by atoms with Crippen LogP contribution in [0.1, 0.15) is 88.2 Å². The van der Waals surface area contributed by atoms with E-state index in [0.29, 0.717) is 23.3 Å². The number of halogens is 3. The second-order valence-electron chi connectivity index (χ2n) is 7.66. The minimum atomic E-state index is -4.36. The van der Waals surface area contributed by atoms with Gasteiger partial charge in [-0.05, 0) is 72.6 Å². The summed E-state index contributed by atoms with van der Waals surface area (Å²) in [6.07, 6.45) is -0.405. The van der Waals surface area contributed by atoms with Crippen LogP contribution in [0.2, 0.25) is 0 Å². The van der Waals surface area contributed by atoms with E-state index in [-0.39, 0.29) is 12.5 Å². The van der Waals surface area contributed by atoms with Crippen molar-refractivity contribution in [2.24, 2.45) is 0 Å². The maximum atomic E-state index is 13.5. The SMILES string of the molecule is CC.CC.CCC(C)c1ccc(COc2ccc3[nH]c4c(c3c2)CCC4)cc1C(F)(F)F. The first kappa shape index (κ1) is 25.8. The van der Waals surface area contributed by atoms with E-state index in [9.17, 15) is 13.2 Å². The summed E-state index contributed by atoms with van der Waals surface area (Å²) in [5, 5.41) is 1.16. The number of aromatic nitrogens is 1. The lowest BCUT2D eigenvalue weighted by atomic mass is 9.92. The average Bonchev–Trinajstić information content (AvgIpc) is 3.40. The van der Waals surface area contributed by atoms with Crippen LogP contribution >= 0.6 is 0 Å². The molecule has 1 aliphatic rings. The van der Waals surface area contributed by atoms with Crippen LogP contribution in [0, 0.1) is 0 Å². The second kappa shape index (κ2) is 11.4. The van der Waals surface area contributed by atoms with Gasteiger partial charge in [-0.15, -0.1) is 0 Å². The fraction of sp³-hybridized carbons (Fsp3) is 0.481. The van der Waals surface area contributed by atoms with E-state index < -0.39 is 11.7 Å². The average molecular weight is 448 g/mol. The molecule has 2 aromatic carbocycles. The highest BCUT2D eigenvalue weighted by Gasteiger charge is 2.34. The van der Waals surface area contributed by atoms with Crippen molar-refractivity contribution in [3.05, 3.63) is 64.3 Å². The number of fused-ring (bicyclic) bond motifs is 3. The number of hydrogen-bond donors (Lipinski definition) is 1. The number of hydrogen-bond acceptors (Lipinski definition) is 1. The molecule has 0 bridgehead atoms. The van der Waals surface area contributed by atoms with Crippen LogP contribution < -0.4 is 4.74 Å². The number of rotatable bonds is 5. The predicted octanol–water partition coefficient (Wildman–Crippen LogP) is 8.82. The summed E-state index contributed by atoms with van der Waals surface area (Å²) in [5.41, 5.74) is 4.05. The Morgan fingerprint density at radius 1 is 1.00 bits per heavy atom. The standard InChI is InChI=1S/C23H24F3NO.2C2H6/c1-3-14(2)17-9-7-15(11-20(17)23(24,25)26)13-28-16-8-10-22-19(12-16)18-5-4-6-21(18)27-22;2*1-2/h7-12,14,27H,3-6,13H2,1-2H3;2*1-2H3. The Morgan fingerprint density at radius 3 is 2.38 bits per heavy atom. The highest BCUT2D eigenvalue weighted by molar-refractivity contribution is 5.86. The van der Waals surface area contributed by atoms with E-state index in [2.05, 4.69) is 4.98 Å². The van der Waals surface area contributed by atoms with Gasteiger partial charge in [0.05, 0.1) is 5.56 Å². The van der Waals surface area contributed by atoms with E-state index in [1.165, 1.54) is 17.3 Å².